The number of carbonyl (C=O) groups is 1. The Bertz CT molecular complexity index is 1290. The highest BCUT2D eigenvalue weighted by Crippen LogP contribution is 2.35. The van der Waals surface area contributed by atoms with E-state index in [-0.39, 0.29) is 11.3 Å². The highest BCUT2D eigenvalue weighted by Gasteiger charge is 2.15. The molecule has 0 saturated heterocycles. The average molecular weight is 405 g/mol. The Morgan fingerprint density at radius 1 is 1.07 bits per heavy atom. The molecule has 7 nitrogen and oxygen atoms in total. The van der Waals surface area contributed by atoms with Gasteiger partial charge in [0, 0.05) is 16.3 Å². The number of hydrogen-bond donors (Lipinski definition) is 2. The third kappa shape index (κ3) is 3.34. The highest BCUT2D eigenvalue weighted by atomic mass is 32.1. The van der Waals surface area contributed by atoms with E-state index in [0.717, 1.165) is 5.56 Å². The second kappa shape index (κ2) is 7.06. The fourth-order valence-electron chi connectivity index (χ4n) is 3.16. The SMILES string of the molecule is O=C(Nc1nc(-c2ccc3c(c2)OCCO3)cs1)c1cc2ccccc2c(=O)[nH]1. The third-order valence-corrected chi connectivity index (χ3v) is 5.32. The lowest BCUT2D eigenvalue weighted by atomic mass is 10.1. The van der Waals surface area contributed by atoms with Gasteiger partial charge in [-0.25, -0.2) is 4.98 Å². The Morgan fingerprint density at radius 3 is 2.79 bits per heavy atom. The van der Waals surface area contributed by atoms with Gasteiger partial charge in [-0.3, -0.25) is 14.9 Å². The molecular formula is C21H15N3O4S. The van der Waals surface area contributed by atoms with Crippen LogP contribution in [-0.2, 0) is 0 Å². The quantitative estimate of drug-likeness (QED) is 0.542. The molecule has 0 bridgehead atoms. The van der Waals surface area contributed by atoms with E-state index >= 15 is 0 Å². The molecule has 1 aliphatic rings. The number of hydrogen-bond acceptors (Lipinski definition) is 6. The number of aromatic nitrogens is 2. The smallest absolute Gasteiger partial charge is 0.273 e. The third-order valence-electron chi connectivity index (χ3n) is 4.56. The van der Waals surface area contributed by atoms with E-state index in [0.29, 0.717) is 46.3 Å². The molecule has 0 radical (unpaired) electrons. The van der Waals surface area contributed by atoms with Crippen LogP contribution in [0.2, 0.25) is 0 Å². The molecule has 8 heteroatoms. The van der Waals surface area contributed by atoms with Crippen LogP contribution in [0, 0.1) is 0 Å². The molecule has 1 amide bonds. The summed E-state index contributed by atoms with van der Waals surface area (Å²) >= 11 is 1.31. The van der Waals surface area contributed by atoms with Crippen LogP contribution in [0.25, 0.3) is 22.0 Å². The van der Waals surface area contributed by atoms with Crippen molar-refractivity contribution >= 4 is 33.1 Å². The van der Waals surface area contributed by atoms with Crippen LogP contribution in [0.5, 0.6) is 11.5 Å². The molecule has 2 N–H and O–H groups in total. The topological polar surface area (TPSA) is 93.3 Å². The molecule has 0 atom stereocenters. The standard InChI is InChI=1S/C21H15N3O4S/c25-19-14-4-2-1-3-12(14)9-15(22-19)20(26)24-21-23-16(11-29-21)13-5-6-17-18(10-13)28-8-7-27-17/h1-6,9-11H,7-8H2,(H,22,25)(H,23,24,26). The minimum Gasteiger partial charge on any atom is -0.486 e. The first-order valence-electron chi connectivity index (χ1n) is 8.96. The average Bonchev–Trinajstić information content (AvgIpc) is 3.22. The molecular weight excluding hydrogens is 390 g/mol. The molecule has 2 aromatic heterocycles. The van der Waals surface area contributed by atoms with Gasteiger partial charge in [0.25, 0.3) is 11.5 Å². The normalized spacial score (nSPS) is 12.7. The van der Waals surface area contributed by atoms with Crippen molar-refractivity contribution in [3.8, 4) is 22.8 Å². The molecule has 3 heterocycles. The largest absolute Gasteiger partial charge is 0.486 e. The molecule has 5 rings (SSSR count). The maximum atomic E-state index is 12.6. The highest BCUT2D eigenvalue weighted by molar-refractivity contribution is 7.14. The van der Waals surface area contributed by atoms with Crippen LogP contribution in [0.15, 0.2) is 58.7 Å². The van der Waals surface area contributed by atoms with E-state index in [2.05, 4.69) is 15.3 Å². The zero-order valence-electron chi connectivity index (χ0n) is 15.1. The predicted molar refractivity (Wildman–Crippen MR) is 111 cm³/mol. The number of thiazole rings is 1. The lowest BCUT2D eigenvalue weighted by molar-refractivity contribution is 0.102. The first-order valence-corrected chi connectivity index (χ1v) is 9.84. The second-order valence-corrected chi connectivity index (χ2v) is 7.31. The van der Waals surface area contributed by atoms with Gasteiger partial charge in [-0.2, -0.15) is 0 Å². The maximum absolute atomic E-state index is 12.6. The number of H-pyrrole nitrogens is 1. The number of amides is 1. The van der Waals surface area contributed by atoms with Gasteiger partial charge in [-0.05, 0) is 35.7 Å². The fraction of sp³-hybridized carbons (Fsp3) is 0.0952. The zero-order valence-corrected chi connectivity index (χ0v) is 15.9. The Morgan fingerprint density at radius 2 is 1.90 bits per heavy atom. The number of benzene rings is 2. The van der Waals surface area contributed by atoms with Gasteiger partial charge in [0.1, 0.15) is 18.9 Å². The van der Waals surface area contributed by atoms with Crippen molar-refractivity contribution in [3.05, 3.63) is 70.0 Å². The number of nitrogens with one attached hydrogen (secondary N) is 2. The predicted octanol–water partition coefficient (Wildman–Crippen LogP) is 3.68. The van der Waals surface area contributed by atoms with E-state index in [4.69, 9.17) is 9.47 Å². The summed E-state index contributed by atoms with van der Waals surface area (Å²) in [6, 6.07) is 14.4. The molecule has 29 heavy (non-hydrogen) atoms. The number of fused-ring (bicyclic) bond motifs is 2. The summed E-state index contributed by atoms with van der Waals surface area (Å²) in [4.78, 5) is 31.9. The molecule has 0 fully saturated rings. The van der Waals surface area contributed by atoms with Gasteiger partial charge in [-0.1, -0.05) is 18.2 Å². The first kappa shape index (κ1) is 17.4. The van der Waals surface area contributed by atoms with Crippen LogP contribution >= 0.6 is 11.3 Å². The summed E-state index contributed by atoms with van der Waals surface area (Å²) in [6.07, 6.45) is 0. The van der Waals surface area contributed by atoms with Crippen molar-refractivity contribution in [2.45, 2.75) is 0 Å². The van der Waals surface area contributed by atoms with Crippen molar-refractivity contribution in [1.82, 2.24) is 9.97 Å². The number of pyridine rings is 1. The van der Waals surface area contributed by atoms with Gasteiger partial charge in [-0.15, -0.1) is 11.3 Å². The van der Waals surface area contributed by atoms with E-state index in [1.165, 1.54) is 11.3 Å². The number of nitrogens with zero attached hydrogens (tertiary/aromatic N) is 1. The van der Waals surface area contributed by atoms with Crippen LogP contribution < -0.4 is 20.3 Å². The summed E-state index contributed by atoms with van der Waals surface area (Å²) < 4.78 is 11.1. The number of carbonyl (C=O) groups excluding carboxylic acids is 1. The lowest BCUT2D eigenvalue weighted by Crippen LogP contribution is -2.18. The fourth-order valence-corrected chi connectivity index (χ4v) is 3.88. The van der Waals surface area contributed by atoms with E-state index in [9.17, 15) is 9.59 Å². The Balaban J connectivity index is 1.39. The van der Waals surface area contributed by atoms with Crippen LogP contribution in [0.4, 0.5) is 5.13 Å². The summed E-state index contributed by atoms with van der Waals surface area (Å²) in [5, 5.41) is 6.28. The van der Waals surface area contributed by atoms with Crippen molar-refractivity contribution < 1.29 is 14.3 Å². The summed E-state index contributed by atoms with van der Waals surface area (Å²) in [5.41, 5.74) is 1.47. The Hall–Kier alpha value is -3.65. The first-order chi connectivity index (χ1) is 14.2. The van der Waals surface area contributed by atoms with Crippen molar-refractivity contribution in [2.75, 3.05) is 18.5 Å². The van der Waals surface area contributed by atoms with Gasteiger partial charge >= 0.3 is 0 Å². The van der Waals surface area contributed by atoms with Crippen molar-refractivity contribution in [2.24, 2.45) is 0 Å². The number of ether oxygens (including phenoxy) is 2. The second-order valence-electron chi connectivity index (χ2n) is 6.45. The molecule has 0 aliphatic carbocycles. The molecule has 144 valence electrons. The van der Waals surface area contributed by atoms with Crippen LogP contribution in [0.1, 0.15) is 10.5 Å². The minimum absolute atomic E-state index is 0.185. The molecule has 4 aromatic rings. The monoisotopic (exact) mass is 405 g/mol. The van der Waals surface area contributed by atoms with Gasteiger partial charge < -0.3 is 14.5 Å². The summed E-state index contributed by atoms with van der Waals surface area (Å²) in [6.45, 7) is 1.05. The van der Waals surface area contributed by atoms with E-state index in [1.807, 2.05) is 29.6 Å². The van der Waals surface area contributed by atoms with Gasteiger partial charge in [0.2, 0.25) is 0 Å². The molecule has 1 aliphatic heterocycles. The van der Waals surface area contributed by atoms with Crippen molar-refractivity contribution in [3.63, 3.8) is 0 Å². The molecule has 0 saturated carbocycles. The van der Waals surface area contributed by atoms with Crippen LogP contribution in [-0.4, -0.2) is 29.1 Å². The van der Waals surface area contributed by atoms with Gasteiger partial charge in [0.15, 0.2) is 16.6 Å². The van der Waals surface area contributed by atoms with Crippen molar-refractivity contribution in [1.29, 1.82) is 0 Å². The summed E-state index contributed by atoms with van der Waals surface area (Å²) in [7, 11) is 0. The van der Waals surface area contributed by atoms with Crippen LogP contribution in [0.3, 0.4) is 0 Å². The molecule has 0 unspecified atom stereocenters. The zero-order chi connectivity index (χ0) is 19.8. The molecule has 0 spiro atoms. The minimum atomic E-state index is -0.420. The number of rotatable bonds is 3. The Kier molecular flexibility index (Phi) is 4.25. The Labute approximate surface area is 168 Å². The number of anilines is 1. The van der Waals surface area contributed by atoms with E-state index in [1.54, 1.807) is 24.3 Å². The van der Waals surface area contributed by atoms with Gasteiger partial charge in [0.05, 0.1) is 5.69 Å². The summed E-state index contributed by atoms with van der Waals surface area (Å²) in [5.74, 6) is 0.973. The maximum Gasteiger partial charge on any atom is 0.273 e. The molecule has 2 aromatic carbocycles. The lowest BCUT2D eigenvalue weighted by Gasteiger charge is -2.18. The van der Waals surface area contributed by atoms with E-state index < -0.39 is 5.91 Å². The number of aromatic amines is 1.